The summed E-state index contributed by atoms with van der Waals surface area (Å²) in [5.41, 5.74) is 4.98. The quantitative estimate of drug-likeness (QED) is 0.373. The summed E-state index contributed by atoms with van der Waals surface area (Å²) in [5, 5.41) is 0. The highest BCUT2D eigenvalue weighted by Crippen LogP contribution is 2.70. The standard InChI is InChI=1S/C30H48O/c1-21(2)11-9-12-22(3)13-10-14-23(4)24-15-16-26-29(24,7)19-17-25-28(5,6)27(31)18-20-30(25,26)8/h11,13,24-26H,4,9-10,12,14-20H2,1-3,5-8H3/b22-13+/t24-,25+,26+,29+,30+/m1/s1. The molecule has 3 saturated carbocycles. The van der Waals surface area contributed by atoms with Crippen molar-refractivity contribution in [3.63, 3.8) is 0 Å². The number of carbonyl (C=O) groups is 1. The van der Waals surface area contributed by atoms with E-state index in [0.717, 1.165) is 38.0 Å². The molecule has 0 heterocycles. The topological polar surface area (TPSA) is 17.1 Å². The van der Waals surface area contributed by atoms with Gasteiger partial charge in [-0.15, -0.1) is 0 Å². The van der Waals surface area contributed by atoms with Crippen LogP contribution in [0, 0.1) is 34.0 Å². The first-order valence-corrected chi connectivity index (χ1v) is 12.9. The number of Topliss-reactive ketones (excluding diaryl/α,β-unsaturated/α-hetero) is 1. The minimum atomic E-state index is -0.142. The molecule has 0 unspecified atom stereocenters. The van der Waals surface area contributed by atoms with Gasteiger partial charge in [-0.25, -0.2) is 0 Å². The predicted octanol–water partition coefficient (Wildman–Crippen LogP) is 8.85. The van der Waals surface area contributed by atoms with Crippen molar-refractivity contribution in [2.24, 2.45) is 34.0 Å². The van der Waals surface area contributed by atoms with Crippen LogP contribution < -0.4 is 0 Å². The second-order valence-corrected chi connectivity index (χ2v) is 12.5. The number of allylic oxidation sites excluding steroid dienone is 5. The molecule has 5 atom stereocenters. The Balaban J connectivity index is 1.65. The van der Waals surface area contributed by atoms with E-state index in [1.54, 1.807) is 0 Å². The lowest BCUT2D eigenvalue weighted by atomic mass is 9.43. The molecular formula is C30H48O. The third-order valence-electron chi connectivity index (χ3n) is 9.92. The van der Waals surface area contributed by atoms with Gasteiger partial charge in [0.1, 0.15) is 5.78 Å². The highest BCUT2D eigenvalue weighted by molar-refractivity contribution is 5.85. The molecule has 3 aliphatic carbocycles. The third-order valence-corrected chi connectivity index (χ3v) is 9.92. The van der Waals surface area contributed by atoms with E-state index >= 15 is 0 Å². The summed E-state index contributed by atoms with van der Waals surface area (Å²) in [6.45, 7) is 20.9. The van der Waals surface area contributed by atoms with Crippen LogP contribution in [0.3, 0.4) is 0 Å². The maximum Gasteiger partial charge on any atom is 0.138 e. The first-order valence-electron chi connectivity index (χ1n) is 12.9. The first-order chi connectivity index (χ1) is 14.4. The van der Waals surface area contributed by atoms with Gasteiger partial charge in [-0.3, -0.25) is 4.79 Å². The number of hydrogen-bond acceptors (Lipinski definition) is 1. The summed E-state index contributed by atoms with van der Waals surface area (Å²) >= 11 is 0. The van der Waals surface area contributed by atoms with Crippen molar-refractivity contribution in [1.82, 2.24) is 0 Å². The van der Waals surface area contributed by atoms with Gasteiger partial charge < -0.3 is 0 Å². The van der Waals surface area contributed by atoms with Crippen molar-refractivity contribution >= 4 is 5.78 Å². The van der Waals surface area contributed by atoms with E-state index in [4.69, 9.17) is 0 Å². The van der Waals surface area contributed by atoms with Crippen LogP contribution >= 0.6 is 0 Å². The van der Waals surface area contributed by atoms with Gasteiger partial charge in [0.15, 0.2) is 0 Å². The second-order valence-electron chi connectivity index (χ2n) is 12.5. The maximum atomic E-state index is 12.7. The van der Waals surface area contributed by atoms with Crippen LogP contribution in [0.1, 0.15) is 113 Å². The Morgan fingerprint density at radius 1 is 0.903 bits per heavy atom. The molecule has 0 N–H and O–H groups in total. The summed E-state index contributed by atoms with van der Waals surface area (Å²) in [6.07, 6.45) is 16.4. The molecule has 0 aromatic rings. The van der Waals surface area contributed by atoms with Gasteiger partial charge in [-0.1, -0.05) is 63.1 Å². The van der Waals surface area contributed by atoms with Gasteiger partial charge in [0, 0.05) is 11.8 Å². The third kappa shape index (κ3) is 4.53. The SMILES string of the molecule is C=C(CC/C=C(\C)CCC=C(C)C)[C@H]1CC[C@H]2[C@@]1(C)CC[C@H]1C(C)(C)C(=O)CC[C@]21C. The van der Waals surface area contributed by atoms with Crippen molar-refractivity contribution < 1.29 is 4.79 Å². The number of hydrogen-bond donors (Lipinski definition) is 0. The van der Waals surface area contributed by atoms with Crippen molar-refractivity contribution in [2.45, 2.75) is 113 Å². The fraction of sp³-hybridized carbons (Fsp3) is 0.767. The summed E-state index contributed by atoms with van der Waals surface area (Å²) in [5.74, 6) is 2.46. The van der Waals surface area contributed by atoms with Gasteiger partial charge in [-0.05, 0) is 107 Å². The van der Waals surface area contributed by atoms with E-state index in [0.29, 0.717) is 28.4 Å². The molecule has 0 aromatic heterocycles. The Labute approximate surface area is 192 Å². The van der Waals surface area contributed by atoms with Crippen LogP contribution in [-0.4, -0.2) is 5.78 Å². The van der Waals surface area contributed by atoms with E-state index in [1.165, 1.54) is 48.8 Å². The van der Waals surface area contributed by atoms with Crippen molar-refractivity contribution in [1.29, 1.82) is 0 Å². The van der Waals surface area contributed by atoms with Crippen LogP contribution in [0.2, 0.25) is 0 Å². The van der Waals surface area contributed by atoms with Crippen LogP contribution in [-0.2, 0) is 4.79 Å². The molecule has 3 aliphatic rings. The lowest BCUT2D eigenvalue weighted by Crippen LogP contribution is -2.57. The lowest BCUT2D eigenvalue weighted by molar-refractivity contribution is -0.157. The molecule has 0 amide bonds. The monoisotopic (exact) mass is 424 g/mol. The Morgan fingerprint density at radius 2 is 1.58 bits per heavy atom. The molecule has 0 aromatic carbocycles. The predicted molar refractivity (Wildman–Crippen MR) is 134 cm³/mol. The number of rotatable bonds is 7. The highest BCUT2D eigenvalue weighted by atomic mass is 16.1. The average molecular weight is 425 g/mol. The van der Waals surface area contributed by atoms with Crippen LogP contribution in [0.25, 0.3) is 0 Å². The van der Waals surface area contributed by atoms with Crippen LogP contribution in [0.4, 0.5) is 0 Å². The van der Waals surface area contributed by atoms with E-state index in [9.17, 15) is 4.79 Å². The van der Waals surface area contributed by atoms with Crippen LogP contribution in [0.15, 0.2) is 35.5 Å². The molecule has 3 rings (SSSR count). The number of fused-ring (bicyclic) bond motifs is 3. The molecule has 174 valence electrons. The summed E-state index contributed by atoms with van der Waals surface area (Å²) < 4.78 is 0. The molecule has 0 radical (unpaired) electrons. The summed E-state index contributed by atoms with van der Waals surface area (Å²) in [4.78, 5) is 12.7. The Bertz CT molecular complexity index is 761. The van der Waals surface area contributed by atoms with Gasteiger partial charge in [0.05, 0.1) is 0 Å². The zero-order valence-electron chi connectivity index (χ0n) is 21.6. The van der Waals surface area contributed by atoms with Crippen molar-refractivity contribution in [3.8, 4) is 0 Å². The molecule has 0 saturated heterocycles. The second kappa shape index (κ2) is 9.03. The number of carbonyl (C=O) groups excluding carboxylic acids is 1. The van der Waals surface area contributed by atoms with Crippen molar-refractivity contribution in [3.05, 3.63) is 35.5 Å². The lowest BCUT2D eigenvalue weighted by Gasteiger charge is -2.61. The minimum absolute atomic E-state index is 0.142. The Morgan fingerprint density at radius 3 is 2.26 bits per heavy atom. The smallest absolute Gasteiger partial charge is 0.138 e. The van der Waals surface area contributed by atoms with Gasteiger partial charge in [-0.2, -0.15) is 0 Å². The average Bonchev–Trinajstić information content (AvgIpc) is 3.03. The van der Waals surface area contributed by atoms with E-state index in [2.05, 4.69) is 67.2 Å². The summed E-state index contributed by atoms with van der Waals surface area (Å²) in [7, 11) is 0. The molecule has 0 spiro atoms. The Kier molecular flexibility index (Phi) is 7.14. The highest BCUT2D eigenvalue weighted by Gasteiger charge is 2.63. The number of ketones is 1. The normalized spacial score (nSPS) is 37.2. The van der Waals surface area contributed by atoms with Crippen LogP contribution in [0.5, 0.6) is 0 Å². The fourth-order valence-corrected chi connectivity index (χ4v) is 8.17. The molecule has 0 aliphatic heterocycles. The minimum Gasteiger partial charge on any atom is -0.299 e. The van der Waals surface area contributed by atoms with Gasteiger partial charge >= 0.3 is 0 Å². The van der Waals surface area contributed by atoms with Gasteiger partial charge in [0.25, 0.3) is 0 Å². The molecule has 0 bridgehead atoms. The van der Waals surface area contributed by atoms with Crippen molar-refractivity contribution in [2.75, 3.05) is 0 Å². The molecule has 1 nitrogen and oxygen atoms in total. The summed E-state index contributed by atoms with van der Waals surface area (Å²) in [6, 6.07) is 0. The van der Waals surface area contributed by atoms with E-state index in [-0.39, 0.29) is 5.41 Å². The molecule has 3 fully saturated rings. The zero-order valence-corrected chi connectivity index (χ0v) is 21.6. The first kappa shape index (κ1) is 24.5. The molecule has 31 heavy (non-hydrogen) atoms. The van der Waals surface area contributed by atoms with E-state index in [1.807, 2.05) is 0 Å². The fourth-order valence-electron chi connectivity index (χ4n) is 8.17. The van der Waals surface area contributed by atoms with Gasteiger partial charge in [0.2, 0.25) is 0 Å². The largest absolute Gasteiger partial charge is 0.299 e. The zero-order chi connectivity index (χ0) is 23.0. The molecule has 1 heteroatoms. The van der Waals surface area contributed by atoms with E-state index < -0.39 is 0 Å². The molecular weight excluding hydrogens is 376 g/mol. The Hall–Kier alpha value is -1.11. The maximum absolute atomic E-state index is 12.7.